The minimum atomic E-state index is -0.772. The number of carbonyl (C=O) groups is 1. The van der Waals surface area contributed by atoms with E-state index in [2.05, 4.69) is 20.1 Å². The minimum absolute atomic E-state index is 0.338. The Morgan fingerprint density at radius 3 is 2.85 bits per heavy atom. The summed E-state index contributed by atoms with van der Waals surface area (Å²) in [6, 6.07) is 9.88. The quantitative estimate of drug-likeness (QED) is 0.778. The average Bonchev–Trinajstić information content (AvgIpc) is 3.08. The topological polar surface area (TPSA) is 59.8 Å². The monoisotopic (exact) mass is 354 g/mol. The molecule has 0 bridgehead atoms. The first-order chi connectivity index (χ1) is 12.6. The van der Waals surface area contributed by atoms with Crippen LogP contribution in [-0.4, -0.2) is 20.7 Å². The molecule has 132 valence electrons. The SMILES string of the molecule is O=C(Nc1cccc(-c2nnc3n2CCCC3)c1)c1cc(F)ccc1F. The van der Waals surface area contributed by atoms with Gasteiger partial charge in [0.05, 0.1) is 5.56 Å². The van der Waals surface area contributed by atoms with Gasteiger partial charge in [-0.15, -0.1) is 10.2 Å². The Bertz CT molecular complexity index is 983. The summed E-state index contributed by atoms with van der Waals surface area (Å²) in [4.78, 5) is 12.3. The molecule has 0 radical (unpaired) electrons. The van der Waals surface area contributed by atoms with Gasteiger partial charge in [-0.3, -0.25) is 4.79 Å². The van der Waals surface area contributed by atoms with Gasteiger partial charge in [0.2, 0.25) is 0 Å². The number of aromatic nitrogens is 3. The molecule has 1 N–H and O–H groups in total. The van der Waals surface area contributed by atoms with Gasteiger partial charge in [-0.2, -0.15) is 0 Å². The smallest absolute Gasteiger partial charge is 0.258 e. The molecular weight excluding hydrogens is 338 g/mol. The number of hydrogen-bond acceptors (Lipinski definition) is 3. The Labute approximate surface area is 148 Å². The second-order valence-corrected chi connectivity index (χ2v) is 6.21. The molecule has 2 heterocycles. The minimum Gasteiger partial charge on any atom is -0.322 e. The number of benzene rings is 2. The van der Waals surface area contributed by atoms with E-state index in [1.54, 1.807) is 18.2 Å². The number of nitrogens with one attached hydrogen (secondary N) is 1. The molecule has 0 saturated carbocycles. The fraction of sp³-hybridized carbons (Fsp3) is 0.211. The van der Waals surface area contributed by atoms with Crippen LogP contribution in [0.5, 0.6) is 0 Å². The van der Waals surface area contributed by atoms with Crippen LogP contribution in [-0.2, 0) is 13.0 Å². The van der Waals surface area contributed by atoms with Gasteiger partial charge in [0.1, 0.15) is 17.5 Å². The van der Waals surface area contributed by atoms with Gasteiger partial charge in [-0.25, -0.2) is 8.78 Å². The second-order valence-electron chi connectivity index (χ2n) is 6.21. The van der Waals surface area contributed by atoms with Crippen LogP contribution >= 0.6 is 0 Å². The summed E-state index contributed by atoms with van der Waals surface area (Å²) < 4.78 is 29.1. The van der Waals surface area contributed by atoms with Crippen LogP contribution < -0.4 is 5.32 Å². The van der Waals surface area contributed by atoms with Crippen LogP contribution in [0.1, 0.15) is 29.0 Å². The number of hydrogen-bond donors (Lipinski definition) is 1. The van der Waals surface area contributed by atoms with Crippen LogP contribution in [0.2, 0.25) is 0 Å². The number of rotatable bonds is 3. The van der Waals surface area contributed by atoms with Crippen LogP contribution in [0.25, 0.3) is 11.4 Å². The third-order valence-electron chi connectivity index (χ3n) is 4.41. The molecule has 3 aromatic rings. The molecule has 0 aliphatic carbocycles. The molecule has 0 spiro atoms. The van der Waals surface area contributed by atoms with Crippen LogP contribution in [0.15, 0.2) is 42.5 Å². The van der Waals surface area contributed by atoms with E-state index < -0.39 is 17.5 Å². The highest BCUT2D eigenvalue weighted by molar-refractivity contribution is 6.04. The summed E-state index contributed by atoms with van der Waals surface area (Å²) in [7, 11) is 0. The van der Waals surface area contributed by atoms with Crippen LogP contribution in [0.4, 0.5) is 14.5 Å². The summed E-state index contributed by atoms with van der Waals surface area (Å²) in [5.74, 6) is -0.440. The lowest BCUT2D eigenvalue weighted by molar-refractivity contribution is 0.102. The lowest BCUT2D eigenvalue weighted by Gasteiger charge is -2.15. The van der Waals surface area contributed by atoms with Gasteiger partial charge in [-0.1, -0.05) is 12.1 Å². The number of carbonyl (C=O) groups excluding carboxylic acids is 1. The average molecular weight is 354 g/mol. The molecule has 1 amide bonds. The molecule has 0 fully saturated rings. The highest BCUT2D eigenvalue weighted by atomic mass is 19.1. The van der Waals surface area contributed by atoms with E-state index in [9.17, 15) is 13.6 Å². The maximum absolute atomic E-state index is 13.8. The summed E-state index contributed by atoms with van der Waals surface area (Å²) in [6.45, 7) is 0.864. The highest BCUT2D eigenvalue weighted by Gasteiger charge is 2.18. The molecule has 26 heavy (non-hydrogen) atoms. The molecule has 5 nitrogen and oxygen atoms in total. The molecule has 2 aromatic carbocycles. The lowest BCUT2D eigenvalue weighted by Crippen LogP contribution is -2.14. The Hall–Kier alpha value is -3.09. The van der Waals surface area contributed by atoms with Gasteiger partial charge in [-0.05, 0) is 43.2 Å². The fourth-order valence-corrected chi connectivity index (χ4v) is 3.13. The van der Waals surface area contributed by atoms with Gasteiger partial charge < -0.3 is 9.88 Å². The molecular formula is C19H16F2N4O. The standard InChI is InChI=1S/C19H16F2N4O/c20-13-7-8-16(21)15(11-13)19(26)22-14-5-3-4-12(10-14)18-24-23-17-6-1-2-9-25(17)18/h3-5,7-8,10-11H,1-2,6,9H2,(H,22,26). The second kappa shape index (κ2) is 6.67. The van der Waals surface area contributed by atoms with E-state index in [1.807, 2.05) is 6.07 Å². The Kier molecular flexibility index (Phi) is 4.20. The van der Waals surface area contributed by atoms with Crippen molar-refractivity contribution in [2.24, 2.45) is 0 Å². The van der Waals surface area contributed by atoms with Crippen molar-refractivity contribution >= 4 is 11.6 Å². The number of halogens is 2. The maximum atomic E-state index is 13.8. The zero-order valence-electron chi connectivity index (χ0n) is 13.9. The first-order valence-electron chi connectivity index (χ1n) is 8.41. The molecule has 1 aliphatic rings. The number of amides is 1. The van der Waals surface area contributed by atoms with Gasteiger partial charge in [0.15, 0.2) is 5.82 Å². The Balaban J connectivity index is 1.61. The van der Waals surface area contributed by atoms with Crippen molar-refractivity contribution in [1.29, 1.82) is 0 Å². The summed E-state index contributed by atoms with van der Waals surface area (Å²) in [6.07, 6.45) is 3.09. The summed E-state index contributed by atoms with van der Waals surface area (Å²) in [5.41, 5.74) is 0.947. The number of aryl methyl sites for hydroxylation is 1. The molecule has 4 rings (SSSR count). The van der Waals surface area contributed by atoms with Crippen molar-refractivity contribution in [1.82, 2.24) is 14.8 Å². The number of anilines is 1. The van der Waals surface area contributed by atoms with Crippen molar-refractivity contribution in [2.75, 3.05) is 5.32 Å². The van der Waals surface area contributed by atoms with E-state index in [1.165, 1.54) is 0 Å². The summed E-state index contributed by atoms with van der Waals surface area (Å²) in [5, 5.41) is 11.1. The molecule has 7 heteroatoms. The predicted molar refractivity (Wildman–Crippen MR) is 92.7 cm³/mol. The Morgan fingerprint density at radius 1 is 1.08 bits per heavy atom. The lowest BCUT2D eigenvalue weighted by atomic mass is 10.1. The molecule has 1 aromatic heterocycles. The van der Waals surface area contributed by atoms with E-state index in [0.29, 0.717) is 5.69 Å². The predicted octanol–water partition coefficient (Wildman–Crippen LogP) is 3.81. The van der Waals surface area contributed by atoms with E-state index in [-0.39, 0.29) is 5.56 Å². The normalized spacial score (nSPS) is 13.3. The molecule has 0 atom stereocenters. The summed E-state index contributed by atoms with van der Waals surface area (Å²) >= 11 is 0. The fourth-order valence-electron chi connectivity index (χ4n) is 3.13. The first-order valence-corrected chi connectivity index (χ1v) is 8.41. The van der Waals surface area contributed by atoms with Crippen molar-refractivity contribution in [3.05, 3.63) is 65.5 Å². The van der Waals surface area contributed by atoms with E-state index in [0.717, 1.165) is 61.2 Å². The van der Waals surface area contributed by atoms with Crippen molar-refractivity contribution in [3.8, 4) is 11.4 Å². The zero-order chi connectivity index (χ0) is 18.1. The zero-order valence-corrected chi connectivity index (χ0v) is 13.9. The third kappa shape index (κ3) is 3.08. The van der Waals surface area contributed by atoms with Crippen molar-refractivity contribution in [3.63, 3.8) is 0 Å². The maximum Gasteiger partial charge on any atom is 0.258 e. The van der Waals surface area contributed by atoms with E-state index >= 15 is 0 Å². The molecule has 1 aliphatic heterocycles. The largest absolute Gasteiger partial charge is 0.322 e. The highest BCUT2D eigenvalue weighted by Crippen LogP contribution is 2.25. The van der Waals surface area contributed by atoms with Gasteiger partial charge >= 0.3 is 0 Å². The van der Waals surface area contributed by atoms with Crippen LogP contribution in [0, 0.1) is 11.6 Å². The van der Waals surface area contributed by atoms with Crippen LogP contribution in [0.3, 0.4) is 0 Å². The number of fused-ring (bicyclic) bond motifs is 1. The van der Waals surface area contributed by atoms with E-state index in [4.69, 9.17) is 0 Å². The third-order valence-corrected chi connectivity index (χ3v) is 4.41. The van der Waals surface area contributed by atoms with Crippen molar-refractivity contribution < 1.29 is 13.6 Å². The first kappa shape index (κ1) is 16.4. The Morgan fingerprint density at radius 2 is 1.96 bits per heavy atom. The van der Waals surface area contributed by atoms with Gasteiger partial charge in [0, 0.05) is 24.2 Å². The van der Waals surface area contributed by atoms with Crippen molar-refractivity contribution in [2.45, 2.75) is 25.8 Å². The number of nitrogens with zero attached hydrogens (tertiary/aromatic N) is 3. The molecule has 0 saturated heterocycles. The van der Waals surface area contributed by atoms with Gasteiger partial charge in [0.25, 0.3) is 5.91 Å². The molecule has 0 unspecified atom stereocenters.